The summed E-state index contributed by atoms with van der Waals surface area (Å²) in [6, 6.07) is 2.22. The second kappa shape index (κ2) is 6.53. The van der Waals surface area contributed by atoms with Crippen LogP contribution in [-0.2, 0) is 10.1 Å². The van der Waals surface area contributed by atoms with E-state index in [1.807, 2.05) is 6.20 Å². The lowest BCUT2D eigenvalue weighted by atomic mass is 9.97. The molecule has 1 aliphatic rings. The van der Waals surface area contributed by atoms with E-state index < -0.39 is 0 Å². The first-order valence-electron chi connectivity index (χ1n) is 6.50. The van der Waals surface area contributed by atoms with Crippen LogP contribution in [-0.4, -0.2) is 31.8 Å². The molecule has 1 saturated heterocycles. The van der Waals surface area contributed by atoms with Crippen molar-refractivity contribution in [2.75, 3.05) is 31.7 Å². The number of piperidine rings is 1. The molecule has 0 N–H and O–H groups in total. The Morgan fingerprint density at radius 2 is 2.17 bits per heavy atom. The van der Waals surface area contributed by atoms with Crippen LogP contribution in [0.2, 0.25) is 0 Å². The maximum Gasteiger partial charge on any atom is 0.131 e. The number of aryl methyl sites for hydroxylation is 1. The van der Waals surface area contributed by atoms with E-state index in [1.165, 1.54) is 24.0 Å². The fraction of sp³-hybridized carbons (Fsp3) is 0.643. The van der Waals surface area contributed by atoms with Crippen molar-refractivity contribution >= 4 is 21.7 Å². The number of nitrogens with zero attached hydrogens (tertiary/aromatic N) is 2. The van der Waals surface area contributed by atoms with Crippen LogP contribution < -0.4 is 4.90 Å². The van der Waals surface area contributed by atoms with Gasteiger partial charge in [0.15, 0.2) is 0 Å². The van der Waals surface area contributed by atoms with Gasteiger partial charge in [-0.2, -0.15) is 0 Å². The number of hydrogen-bond donors (Lipinski definition) is 0. The molecule has 0 aromatic carbocycles. The van der Waals surface area contributed by atoms with Crippen molar-refractivity contribution in [3.05, 3.63) is 23.4 Å². The highest BCUT2D eigenvalue weighted by Crippen LogP contribution is 2.25. The van der Waals surface area contributed by atoms with Gasteiger partial charge in [0.2, 0.25) is 0 Å². The Bertz CT molecular complexity index is 389. The maximum atomic E-state index is 5.24. The lowest BCUT2D eigenvalue weighted by molar-refractivity contribution is 0.139. The summed E-state index contributed by atoms with van der Waals surface area (Å²) < 4.78 is 5.24. The first-order chi connectivity index (χ1) is 8.74. The van der Waals surface area contributed by atoms with Gasteiger partial charge in [0, 0.05) is 38.3 Å². The lowest BCUT2D eigenvalue weighted by Crippen LogP contribution is -2.36. The summed E-state index contributed by atoms with van der Waals surface area (Å²) in [6.45, 7) is 5.23. The van der Waals surface area contributed by atoms with Gasteiger partial charge in [0.1, 0.15) is 5.82 Å². The number of hydrogen-bond acceptors (Lipinski definition) is 3. The second-order valence-corrected chi connectivity index (χ2v) is 5.56. The van der Waals surface area contributed by atoms with Crippen molar-refractivity contribution in [2.45, 2.75) is 25.1 Å². The highest BCUT2D eigenvalue weighted by Gasteiger charge is 2.21. The Hall–Kier alpha value is -0.610. The van der Waals surface area contributed by atoms with Crippen molar-refractivity contribution < 1.29 is 4.74 Å². The van der Waals surface area contributed by atoms with E-state index in [-0.39, 0.29) is 0 Å². The summed E-state index contributed by atoms with van der Waals surface area (Å²) in [5.74, 6) is 1.86. The van der Waals surface area contributed by atoms with Gasteiger partial charge in [-0.15, -0.1) is 0 Å². The van der Waals surface area contributed by atoms with Crippen LogP contribution in [0.5, 0.6) is 0 Å². The molecule has 0 spiro atoms. The summed E-state index contributed by atoms with van der Waals surface area (Å²) in [5, 5.41) is 0.872. The maximum absolute atomic E-state index is 5.24. The number of aromatic nitrogens is 1. The van der Waals surface area contributed by atoms with Crippen LogP contribution in [0.1, 0.15) is 24.0 Å². The van der Waals surface area contributed by atoms with Gasteiger partial charge in [0.25, 0.3) is 0 Å². The minimum absolute atomic E-state index is 0.716. The Balaban J connectivity index is 2.01. The molecule has 2 rings (SSSR count). The highest BCUT2D eigenvalue weighted by molar-refractivity contribution is 9.08. The Morgan fingerprint density at radius 3 is 2.72 bits per heavy atom. The summed E-state index contributed by atoms with van der Waals surface area (Å²) >= 11 is 3.47. The van der Waals surface area contributed by atoms with Gasteiger partial charge in [-0.3, -0.25) is 0 Å². The molecular weight excluding hydrogens is 292 g/mol. The summed E-state index contributed by atoms with van der Waals surface area (Å²) in [4.78, 5) is 7.01. The zero-order chi connectivity index (χ0) is 13.0. The molecular formula is C14H21BrN2O. The number of anilines is 1. The summed E-state index contributed by atoms with van der Waals surface area (Å²) in [7, 11) is 1.79. The van der Waals surface area contributed by atoms with Crippen LogP contribution >= 0.6 is 15.9 Å². The average molecular weight is 313 g/mol. The third-order valence-electron chi connectivity index (χ3n) is 3.58. The van der Waals surface area contributed by atoms with Crippen LogP contribution in [0, 0.1) is 12.8 Å². The van der Waals surface area contributed by atoms with E-state index in [0.717, 1.165) is 30.8 Å². The number of rotatable bonds is 4. The third-order valence-corrected chi connectivity index (χ3v) is 4.23. The minimum Gasteiger partial charge on any atom is -0.384 e. The number of alkyl halides is 1. The van der Waals surface area contributed by atoms with Crippen molar-refractivity contribution in [3.8, 4) is 0 Å². The molecule has 1 aromatic rings. The van der Waals surface area contributed by atoms with Crippen molar-refractivity contribution in [3.63, 3.8) is 0 Å². The fourth-order valence-electron chi connectivity index (χ4n) is 2.58. The topological polar surface area (TPSA) is 25.4 Å². The number of methoxy groups -OCH3 is 1. The fourth-order valence-corrected chi connectivity index (χ4v) is 2.88. The van der Waals surface area contributed by atoms with E-state index in [1.54, 1.807) is 7.11 Å². The quantitative estimate of drug-likeness (QED) is 0.799. The molecule has 0 unspecified atom stereocenters. The Morgan fingerprint density at radius 1 is 1.44 bits per heavy atom. The molecule has 1 fully saturated rings. The van der Waals surface area contributed by atoms with Gasteiger partial charge in [-0.1, -0.05) is 22.0 Å². The average Bonchev–Trinajstić information content (AvgIpc) is 2.40. The van der Waals surface area contributed by atoms with Gasteiger partial charge in [0.05, 0.1) is 0 Å². The monoisotopic (exact) mass is 312 g/mol. The normalized spacial score (nSPS) is 17.2. The molecule has 0 atom stereocenters. The predicted molar refractivity (Wildman–Crippen MR) is 78.4 cm³/mol. The van der Waals surface area contributed by atoms with E-state index in [4.69, 9.17) is 4.74 Å². The zero-order valence-electron chi connectivity index (χ0n) is 11.2. The van der Waals surface area contributed by atoms with Crippen LogP contribution in [0.15, 0.2) is 12.3 Å². The molecule has 0 saturated carbocycles. The number of pyridine rings is 1. The molecule has 0 aliphatic carbocycles. The van der Waals surface area contributed by atoms with E-state index in [9.17, 15) is 0 Å². The smallest absolute Gasteiger partial charge is 0.131 e. The van der Waals surface area contributed by atoms with Gasteiger partial charge in [-0.25, -0.2) is 4.98 Å². The highest BCUT2D eigenvalue weighted by atomic mass is 79.9. The van der Waals surface area contributed by atoms with Crippen molar-refractivity contribution in [2.24, 2.45) is 5.92 Å². The Kier molecular flexibility index (Phi) is 5.01. The summed E-state index contributed by atoms with van der Waals surface area (Å²) in [5.41, 5.74) is 2.52. The van der Waals surface area contributed by atoms with Gasteiger partial charge >= 0.3 is 0 Å². The molecule has 2 heterocycles. The molecule has 1 aliphatic heterocycles. The van der Waals surface area contributed by atoms with Crippen molar-refractivity contribution in [1.82, 2.24) is 4.98 Å². The third kappa shape index (κ3) is 3.23. The zero-order valence-corrected chi connectivity index (χ0v) is 12.7. The Labute approximate surface area is 118 Å². The van der Waals surface area contributed by atoms with Gasteiger partial charge in [-0.05, 0) is 36.8 Å². The molecule has 0 bridgehead atoms. The molecule has 3 nitrogen and oxygen atoms in total. The van der Waals surface area contributed by atoms with Crippen LogP contribution in [0.3, 0.4) is 0 Å². The van der Waals surface area contributed by atoms with Crippen LogP contribution in [0.4, 0.5) is 5.82 Å². The first kappa shape index (κ1) is 13.8. The van der Waals surface area contributed by atoms with E-state index >= 15 is 0 Å². The number of ether oxygens (including phenoxy) is 1. The molecule has 18 heavy (non-hydrogen) atoms. The second-order valence-electron chi connectivity index (χ2n) is 5.00. The summed E-state index contributed by atoms with van der Waals surface area (Å²) in [6.07, 6.45) is 4.38. The predicted octanol–water partition coefficient (Wildman–Crippen LogP) is 3.15. The van der Waals surface area contributed by atoms with Gasteiger partial charge < -0.3 is 9.64 Å². The van der Waals surface area contributed by atoms with E-state index in [0.29, 0.717) is 5.92 Å². The minimum atomic E-state index is 0.716. The first-order valence-corrected chi connectivity index (χ1v) is 7.62. The molecule has 0 amide bonds. The van der Waals surface area contributed by atoms with E-state index in [2.05, 4.69) is 38.8 Å². The molecule has 4 heteroatoms. The molecule has 0 radical (unpaired) electrons. The number of halogens is 1. The molecule has 100 valence electrons. The SMILES string of the molecule is COCC1CCN(c2ncc(CBr)cc2C)CC1. The van der Waals surface area contributed by atoms with Crippen molar-refractivity contribution in [1.29, 1.82) is 0 Å². The molecule has 1 aromatic heterocycles. The lowest BCUT2D eigenvalue weighted by Gasteiger charge is -2.33. The standard InChI is InChI=1S/C14H21BrN2O/c1-11-7-13(8-15)9-16-14(11)17-5-3-12(4-6-17)10-18-2/h7,9,12H,3-6,8,10H2,1-2H3. The largest absolute Gasteiger partial charge is 0.384 e. The van der Waals surface area contributed by atoms with Crippen LogP contribution in [0.25, 0.3) is 0 Å².